The highest BCUT2D eigenvalue weighted by Gasteiger charge is 2.15. The standard InChI is InChI=1S/C21H20FN3O/c1-12-7-8-16(22)20-19(12)15(13(2)24-20)9-10-23-21(26)18-11-14-5-3-4-6-17(14)25-18/h3-8,11,24-25H,9-10H2,1-2H3,(H,23,26). The molecule has 4 aromatic rings. The van der Waals surface area contributed by atoms with Crippen LogP contribution in [-0.4, -0.2) is 22.4 Å². The number of aryl methyl sites for hydroxylation is 2. The minimum Gasteiger partial charge on any atom is -0.356 e. The molecule has 0 radical (unpaired) electrons. The molecule has 1 amide bonds. The third-order valence-corrected chi connectivity index (χ3v) is 4.86. The van der Waals surface area contributed by atoms with Crippen LogP contribution in [0, 0.1) is 19.7 Å². The Hall–Kier alpha value is -3.08. The molecule has 4 nitrogen and oxygen atoms in total. The quantitative estimate of drug-likeness (QED) is 0.503. The van der Waals surface area contributed by atoms with Gasteiger partial charge in [-0.15, -0.1) is 0 Å². The second-order valence-corrected chi connectivity index (χ2v) is 6.62. The predicted molar refractivity (Wildman–Crippen MR) is 102 cm³/mol. The number of H-pyrrole nitrogens is 2. The average molecular weight is 349 g/mol. The van der Waals surface area contributed by atoms with Gasteiger partial charge in [0, 0.05) is 28.5 Å². The van der Waals surface area contributed by atoms with Crippen molar-refractivity contribution in [2.45, 2.75) is 20.3 Å². The Balaban J connectivity index is 1.51. The number of para-hydroxylation sites is 1. The molecule has 0 fully saturated rings. The lowest BCUT2D eigenvalue weighted by molar-refractivity contribution is 0.0950. The second-order valence-electron chi connectivity index (χ2n) is 6.62. The molecule has 0 spiro atoms. The molecular formula is C21H20FN3O. The van der Waals surface area contributed by atoms with Gasteiger partial charge in [-0.2, -0.15) is 0 Å². The summed E-state index contributed by atoms with van der Waals surface area (Å²) in [4.78, 5) is 18.7. The molecule has 0 aliphatic heterocycles. The number of halogens is 1. The molecule has 2 heterocycles. The van der Waals surface area contributed by atoms with Crippen LogP contribution in [0.2, 0.25) is 0 Å². The molecule has 4 rings (SSSR count). The van der Waals surface area contributed by atoms with Crippen molar-refractivity contribution in [1.82, 2.24) is 15.3 Å². The van der Waals surface area contributed by atoms with E-state index >= 15 is 0 Å². The summed E-state index contributed by atoms with van der Waals surface area (Å²) in [6.45, 7) is 4.40. The van der Waals surface area contributed by atoms with E-state index < -0.39 is 0 Å². The number of benzene rings is 2. The Morgan fingerprint density at radius 3 is 2.73 bits per heavy atom. The molecule has 132 valence electrons. The number of carbonyl (C=O) groups excluding carboxylic acids is 1. The van der Waals surface area contributed by atoms with Crippen molar-refractivity contribution in [3.63, 3.8) is 0 Å². The lowest BCUT2D eigenvalue weighted by atomic mass is 10.0. The van der Waals surface area contributed by atoms with E-state index in [4.69, 9.17) is 0 Å². The number of nitrogens with one attached hydrogen (secondary N) is 3. The molecule has 0 atom stereocenters. The van der Waals surface area contributed by atoms with Gasteiger partial charge in [0.1, 0.15) is 11.5 Å². The van der Waals surface area contributed by atoms with Crippen molar-refractivity contribution in [2.75, 3.05) is 6.54 Å². The number of hydrogen-bond acceptors (Lipinski definition) is 1. The number of carbonyl (C=O) groups is 1. The lowest BCUT2D eigenvalue weighted by Crippen LogP contribution is -2.26. The molecule has 2 aromatic carbocycles. The fourth-order valence-corrected chi connectivity index (χ4v) is 3.55. The van der Waals surface area contributed by atoms with Crippen LogP contribution >= 0.6 is 0 Å². The highest BCUT2D eigenvalue weighted by atomic mass is 19.1. The zero-order chi connectivity index (χ0) is 18.3. The molecule has 2 aromatic heterocycles. The molecule has 0 aliphatic carbocycles. The summed E-state index contributed by atoms with van der Waals surface area (Å²) in [5.41, 5.74) is 5.05. The first kappa shape index (κ1) is 16.4. The Morgan fingerprint density at radius 2 is 1.92 bits per heavy atom. The van der Waals surface area contributed by atoms with Gasteiger partial charge in [0.25, 0.3) is 5.91 Å². The van der Waals surface area contributed by atoms with Crippen molar-refractivity contribution >= 4 is 27.7 Å². The van der Waals surface area contributed by atoms with Gasteiger partial charge >= 0.3 is 0 Å². The van der Waals surface area contributed by atoms with Crippen LogP contribution in [0.1, 0.15) is 27.3 Å². The Morgan fingerprint density at radius 1 is 1.12 bits per heavy atom. The first-order chi connectivity index (χ1) is 12.5. The van der Waals surface area contributed by atoms with E-state index in [9.17, 15) is 9.18 Å². The molecule has 3 N–H and O–H groups in total. The number of rotatable bonds is 4. The smallest absolute Gasteiger partial charge is 0.267 e. The Labute approximate surface area is 150 Å². The van der Waals surface area contributed by atoms with E-state index in [0.29, 0.717) is 24.2 Å². The second kappa shape index (κ2) is 6.33. The fourth-order valence-electron chi connectivity index (χ4n) is 3.55. The van der Waals surface area contributed by atoms with Gasteiger partial charge in [-0.25, -0.2) is 4.39 Å². The van der Waals surface area contributed by atoms with Gasteiger partial charge in [0.05, 0.1) is 5.52 Å². The summed E-state index contributed by atoms with van der Waals surface area (Å²) in [5, 5.41) is 4.88. The normalized spacial score (nSPS) is 11.3. The molecule has 0 saturated carbocycles. The van der Waals surface area contributed by atoms with E-state index in [0.717, 1.165) is 33.1 Å². The summed E-state index contributed by atoms with van der Waals surface area (Å²) in [7, 11) is 0. The maximum absolute atomic E-state index is 14.0. The van der Waals surface area contributed by atoms with Gasteiger partial charge in [-0.05, 0) is 49.6 Å². The largest absolute Gasteiger partial charge is 0.356 e. The van der Waals surface area contributed by atoms with Gasteiger partial charge in [0.2, 0.25) is 0 Å². The molecule has 0 bridgehead atoms. The van der Waals surface area contributed by atoms with Crippen LogP contribution in [-0.2, 0) is 6.42 Å². The van der Waals surface area contributed by atoms with Gasteiger partial charge in [0.15, 0.2) is 0 Å². The molecule has 0 aliphatic rings. The summed E-state index contributed by atoms with van der Waals surface area (Å²) < 4.78 is 14.0. The first-order valence-electron chi connectivity index (χ1n) is 8.67. The van der Waals surface area contributed by atoms with Crippen molar-refractivity contribution in [1.29, 1.82) is 0 Å². The molecular weight excluding hydrogens is 329 g/mol. The van der Waals surface area contributed by atoms with E-state index in [1.807, 2.05) is 44.2 Å². The molecule has 0 unspecified atom stereocenters. The van der Waals surface area contributed by atoms with E-state index in [1.165, 1.54) is 6.07 Å². The van der Waals surface area contributed by atoms with Gasteiger partial charge < -0.3 is 15.3 Å². The van der Waals surface area contributed by atoms with Crippen molar-refractivity contribution in [3.8, 4) is 0 Å². The Bertz CT molecular complexity index is 1090. The summed E-state index contributed by atoms with van der Waals surface area (Å²) in [6, 6.07) is 12.9. The number of aromatic nitrogens is 2. The van der Waals surface area contributed by atoms with Crippen molar-refractivity contribution in [3.05, 3.63) is 70.8 Å². The van der Waals surface area contributed by atoms with Gasteiger partial charge in [-0.1, -0.05) is 24.3 Å². The van der Waals surface area contributed by atoms with E-state index in [-0.39, 0.29) is 11.7 Å². The summed E-state index contributed by atoms with van der Waals surface area (Å²) in [6.07, 6.45) is 0.641. The lowest BCUT2D eigenvalue weighted by Gasteiger charge is -2.06. The number of hydrogen-bond donors (Lipinski definition) is 3. The summed E-state index contributed by atoms with van der Waals surface area (Å²) >= 11 is 0. The molecule has 0 saturated heterocycles. The number of aromatic amines is 2. The van der Waals surface area contributed by atoms with Crippen LogP contribution in [0.15, 0.2) is 42.5 Å². The van der Waals surface area contributed by atoms with Crippen molar-refractivity contribution in [2.24, 2.45) is 0 Å². The SMILES string of the molecule is Cc1[nH]c2c(F)ccc(C)c2c1CCNC(=O)c1cc2ccccc2[nH]1. The van der Waals surface area contributed by atoms with Crippen LogP contribution in [0.25, 0.3) is 21.8 Å². The molecule has 26 heavy (non-hydrogen) atoms. The van der Waals surface area contributed by atoms with E-state index in [2.05, 4.69) is 15.3 Å². The Kier molecular flexibility index (Phi) is 3.99. The van der Waals surface area contributed by atoms with Crippen LogP contribution in [0.3, 0.4) is 0 Å². The minimum atomic E-state index is -0.248. The third-order valence-electron chi connectivity index (χ3n) is 4.86. The monoisotopic (exact) mass is 349 g/mol. The zero-order valence-electron chi connectivity index (χ0n) is 14.7. The number of fused-ring (bicyclic) bond motifs is 2. The summed E-state index contributed by atoms with van der Waals surface area (Å²) in [5.74, 6) is -0.386. The van der Waals surface area contributed by atoms with Crippen molar-refractivity contribution < 1.29 is 9.18 Å². The van der Waals surface area contributed by atoms with Crippen LogP contribution in [0.4, 0.5) is 4.39 Å². The predicted octanol–water partition coefficient (Wildman–Crippen LogP) is 4.38. The zero-order valence-corrected chi connectivity index (χ0v) is 14.7. The topological polar surface area (TPSA) is 60.7 Å². The average Bonchev–Trinajstić information content (AvgIpc) is 3.20. The fraction of sp³-hybridized carbons (Fsp3) is 0.190. The van der Waals surface area contributed by atoms with E-state index in [1.54, 1.807) is 6.07 Å². The van der Waals surface area contributed by atoms with Gasteiger partial charge in [-0.3, -0.25) is 4.79 Å². The highest BCUT2D eigenvalue weighted by molar-refractivity contribution is 5.98. The van der Waals surface area contributed by atoms with Crippen LogP contribution in [0.5, 0.6) is 0 Å². The third kappa shape index (κ3) is 2.75. The maximum Gasteiger partial charge on any atom is 0.267 e. The number of amides is 1. The first-order valence-corrected chi connectivity index (χ1v) is 8.67. The highest BCUT2D eigenvalue weighted by Crippen LogP contribution is 2.27. The molecule has 5 heteroatoms. The minimum absolute atomic E-state index is 0.137. The maximum atomic E-state index is 14.0. The van der Waals surface area contributed by atoms with Crippen LogP contribution < -0.4 is 5.32 Å².